The molecule has 2 aromatic carbocycles. The van der Waals surface area contributed by atoms with Gasteiger partial charge in [-0.2, -0.15) is 5.10 Å². The van der Waals surface area contributed by atoms with Crippen molar-refractivity contribution < 1.29 is 24.2 Å². The number of methoxy groups -OCH3 is 1. The number of nitrogens with zero attached hydrogens (tertiary/aromatic N) is 1. The third kappa shape index (κ3) is 5.07. The highest BCUT2D eigenvalue weighted by Gasteiger charge is 2.11. The highest BCUT2D eigenvalue weighted by molar-refractivity contribution is 5.95. The van der Waals surface area contributed by atoms with Crippen molar-refractivity contribution in [3.05, 3.63) is 59.2 Å². The minimum atomic E-state index is -0.999. The number of hydrazone groups is 1. The second-order valence-electron chi connectivity index (χ2n) is 5.66. The van der Waals surface area contributed by atoms with E-state index in [0.717, 1.165) is 0 Å². The van der Waals surface area contributed by atoms with Gasteiger partial charge in [-0.25, -0.2) is 10.2 Å². The van der Waals surface area contributed by atoms with E-state index in [0.29, 0.717) is 22.6 Å². The van der Waals surface area contributed by atoms with Crippen LogP contribution < -0.4 is 14.9 Å². The van der Waals surface area contributed by atoms with Crippen LogP contribution >= 0.6 is 0 Å². The number of carboxylic acid groups (broad SMARTS) is 1. The number of nitrogens with one attached hydrogen (secondary N) is 1. The third-order valence-electron chi connectivity index (χ3n) is 3.33. The van der Waals surface area contributed by atoms with Crippen LogP contribution in [0.1, 0.15) is 40.1 Å². The molecule has 7 nitrogen and oxygen atoms in total. The average molecular weight is 356 g/mol. The Morgan fingerprint density at radius 1 is 1.08 bits per heavy atom. The first-order chi connectivity index (χ1) is 12.4. The molecule has 0 radical (unpaired) electrons. The molecule has 2 aromatic rings. The molecule has 7 heteroatoms. The standard InChI is InChI=1S/C19H20N2O5/c1-12(2)26-16-9-8-15(10-17(16)25-3)18(22)21-20-11-13-4-6-14(7-5-13)19(23)24/h4-12H,1-3H3,(H,21,22)(H,23,24). The summed E-state index contributed by atoms with van der Waals surface area (Å²) in [6, 6.07) is 11.0. The van der Waals surface area contributed by atoms with Crippen molar-refractivity contribution in [2.24, 2.45) is 5.10 Å². The number of carbonyl (C=O) groups excluding carboxylic acids is 1. The van der Waals surface area contributed by atoms with Gasteiger partial charge in [0.15, 0.2) is 11.5 Å². The van der Waals surface area contributed by atoms with Gasteiger partial charge in [0.2, 0.25) is 0 Å². The van der Waals surface area contributed by atoms with Crippen LogP contribution in [0.25, 0.3) is 0 Å². The number of aromatic carboxylic acids is 1. The molecule has 0 unspecified atom stereocenters. The van der Waals surface area contributed by atoms with Crippen LogP contribution in [0.2, 0.25) is 0 Å². The van der Waals surface area contributed by atoms with E-state index < -0.39 is 11.9 Å². The van der Waals surface area contributed by atoms with Crippen molar-refractivity contribution in [1.82, 2.24) is 5.43 Å². The van der Waals surface area contributed by atoms with Crippen molar-refractivity contribution in [2.75, 3.05) is 7.11 Å². The van der Waals surface area contributed by atoms with Gasteiger partial charge in [-0.05, 0) is 49.7 Å². The van der Waals surface area contributed by atoms with Crippen LogP contribution in [0.15, 0.2) is 47.6 Å². The molecular weight excluding hydrogens is 336 g/mol. The first-order valence-electron chi connectivity index (χ1n) is 7.92. The molecule has 0 saturated heterocycles. The van der Waals surface area contributed by atoms with Crippen LogP contribution in [0.5, 0.6) is 11.5 Å². The topological polar surface area (TPSA) is 97.2 Å². The van der Waals surface area contributed by atoms with E-state index in [1.807, 2.05) is 13.8 Å². The van der Waals surface area contributed by atoms with Crippen LogP contribution in [-0.4, -0.2) is 36.4 Å². The molecule has 0 saturated carbocycles. The number of ether oxygens (including phenoxy) is 2. The van der Waals surface area contributed by atoms with Crippen molar-refractivity contribution in [3.8, 4) is 11.5 Å². The lowest BCUT2D eigenvalue weighted by molar-refractivity contribution is 0.0696. The Hall–Kier alpha value is -3.35. The Bertz CT molecular complexity index is 813. The minimum absolute atomic E-state index is 0.0132. The van der Waals surface area contributed by atoms with E-state index >= 15 is 0 Å². The highest BCUT2D eigenvalue weighted by atomic mass is 16.5. The summed E-state index contributed by atoms with van der Waals surface area (Å²) in [6.45, 7) is 3.80. The maximum absolute atomic E-state index is 12.2. The maximum Gasteiger partial charge on any atom is 0.335 e. The van der Waals surface area contributed by atoms with Gasteiger partial charge in [-0.1, -0.05) is 12.1 Å². The zero-order chi connectivity index (χ0) is 19.1. The zero-order valence-corrected chi connectivity index (χ0v) is 14.7. The summed E-state index contributed by atoms with van der Waals surface area (Å²) in [4.78, 5) is 23.0. The van der Waals surface area contributed by atoms with E-state index in [4.69, 9.17) is 14.6 Å². The van der Waals surface area contributed by atoms with Gasteiger partial charge in [0.25, 0.3) is 5.91 Å². The fourth-order valence-corrected chi connectivity index (χ4v) is 2.10. The Morgan fingerprint density at radius 3 is 2.31 bits per heavy atom. The monoisotopic (exact) mass is 356 g/mol. The molecule has 0 heterocycles. The molecule has 0 atom stereocenters. The summed E-state index contributed by atoms with van der Waals surface area (Å²) in [5.74, 6) is -0.390. The number of carboxylic acids is 1. The Kier molecular flexibility index (Phi) is 6.32. The maximum atomic E-state index is 12.2. The lowest BCUT2D eigenvalue weighted by Gasteiger charge is -2.14. The largest absolute Gasteiger partial charge is 0.493 e. The quantitative estimate of drug-likeness (QED) is 0.587. The molecule has 0 aliphatic carbocycles. The SMILES string of the molecule is COc1cc(C(=O)NN=Cc2ccc(C(=O)O)cc2)ccc1OC(C)C. The molecule has 0 bridgehead atoms. The van der Waals surface area contributed by atoms with Gasteiger partial charge < -0.3 is 14.6 Å². The highest BCUT2D eigenvalue weighted by Crippen LogP contribution is 2.28. The second kappa shape index (κ2) is 8.66. The van der Waals surface area contributed by atoms with Crippen LogP contribution in [-0.2, 0) is 0 Å². The molecule has 0 spiro atoms. The fourth-order valence-electron chi connectivity index (χ4n) is 2.10. The molecule has 26 heavy (non-hydrogen) atoms. The van der Waals surface area contributed by atoms with Crippen molar-refractivity contribution >= 4 is 18.1 Å². The van der Waals surface area contributed by atoms with E-state index in [9.17, 15) is 9.59 Å². The van der Waals surface area contributed by atoms with Gasteiger partial charge >= 0.3 is 5.97 Å². The predicted molar refractivity (Wildman–Crippen MR) is 97.2 cm³/mol. The van der Waals surface area contributed by atoms with E-state index in [-0.39, 0.29) is 11.7 Å². The summed E-state index contributed by atoms with van der Waals surface area (Å²) in [7, 11) is 1.50. The van der Waals surface area contributed by atoms with Crippen LogP contribution in [0.4, 0.5) is 0 Å². The molecule has 0 aliphatic heterocycles. The summed E-state index contributed by atoms with van der Waals surface area (Å²) in [5.41, 5.74) is 3.63. The number of amides is 1. The van der Waals surface area contributed by atoms with E-state index in [2.05, 4.69) is 10.5 Å². The second-order valence-corrected chi connectivity index (χ2v) is 5.66. The number of hydrogen-bond acceptors (Lipinski definition) is 5. The van der Waals surface area contributed by atoms with Crippen LogP contribution in [0.3, 0.4) is 0 Å². The molecule has 2 N–H and O–H groups in total. The van der Waals surface area contributed by atoms with E-state index in [1.54, 1.807) is 30.3 Å². The lowest BCUT2D eigenvalue weighted by Crippen LogP contribution is -2.18. The first-order valence-corrected chi connectivity index (χ1v) is 7.92. The number of rotatable bonds is 7. The molecule has 0 fully saturated rings. The van der Waals surface area contributed by atoms with Gasteiger partial charge in [0.05, 0.1) is 25.0 Å². The summed E-state index contributed by atoms with van der Waals surface area (Å²) in [6.07, 6.45) is 1.41. The Morgan fingerprint density at radius 2 is 1.73 bits per heavy atom. The molecule has 0 aliphatic rings. The minimum Gasteiger partial charge on any atom is -0.493 e. The van der Waals surface area contributed by atoms with Crippen molar-refractivity contribution in [2.45, 2.75) is 20.0 Å². The first kappa shape index (κ1) is 19.0. The van der Waals surface area contributed by atoms with Crippen LogP contribution in [0, 0.1) is 0 Å². The van der Waals surface area contributed by atoms with Crippen molar-refractivity contribution in [1.29, 1.82) is 0 Å². The Balaban J connectivity index is 2.04. The number of benzene rings is 2. The normalized spacial score (nSPS) is 10.8. The summed E-state index contributed by atoms with van der Waals surface area (Å²) < 4.78 is 10.9. The summed E-state index contributed by atoms with van der Waals surface area (Å²) >= 11 is 0. The summed E-state index contributed by atoms with van der Waals surface area (Å²) in [5, 5.41) is 12.7. The van der Waals surface area contributed by atoms with Gasteiger partial charge in [0, 0.05) is 5.56 Å². The van der Waals surface area contributed by atoms with Gasteiger partial charge in [0.1, 0.15) is 0 Å². The number of carbonyl (C=O) groups is 2. The van der Waals surface area contributed by atoms with E-state index in [1.165, 1.54) is 25.5 Å². The smallest absolute Gasteiger partial charge is 0.335 e. The number of hydrogen-bond donors (Lipinski definition) is 2. The molecule has 136 valence electrons. The molecular formula is C19H20N2O5. The fraction of sp³-hybridized carbons (Fsp3) is 0.211. The molecule has 2 rings (SSSR count). The molecule has 1 amide bonds. The van der Waals surface area contributed by atoms with Gasteiger partial charge in [-0.15, -0.1) is 0 Å². The Labute approximate surface area is 151 Å². The average Bonchev–Trinajstić information content (AvgIpc) is 2.61. The van der Waals surface area contributed by atoms with Gasteiger partial charge in [-0.3, -0.25) is 4.79 Å². The third-order valence-corrected chi connectivity index (χ3v) is 3.33. The predicted octanol–water partition coefficient (Wildman–Crippen LogP) is 2.94. The molecule has 0 aromatic heterocycles. The lowest BCUT2D eigenvalue weighted by atomic mass is 10.1. The zero-order valence-electron chi connectivity index (χ0n) is 14.7. The van der Waals surface area contributed by atoms with Crippen molar-refractivity contribution in [3.63, 3.8) is 0 Å².